The van der Waals surface area contributed by atoms with E-state index in [1.165, 1.54) is 5.56 Å². The number of ether oxygens (including phenoxy) is 2. The summed E-state index contributed by atoms with van der Waals surface area (Å²) in [6.45, 7) is 7.91. The van der Waals surface area contributed by atoms with Crippen LogP contribution < -0.4 is 5.32 Å². The van der Waals surface area contributed by atoms with Crippen molar-refractivity contribution in [1.29, 1.82) is 0 Å². The van der Waals surface area contributed by atoms with Gasteiger partial charge in [0.2, 0.25) is 0 Å². The van der Waals surface area contributed by atoms with Crippen molar-refractivity contribution in [2.24, 2.45) is 5.92 Å². The minimum atomic E-state index is -0.127. The van der Waals surface area contributed by atoms with Crippen LogP contribution >= 0.6 is 0 Å². The fourth-order valence-electron chi connectivity index (χ4n) is 2.86. The predicted octanol–water partition coefficient (Wildman–Crippen LogP) is 2.82. The first-order valence-electron chi connectivity index (χ1n) is 7.55. The molecule has 2 atom stereocenters. The number of hydrogen-bond acceptors (Lipinski definition) is 3. The smallest absolute Gasteiger partial charge is 0.106 e. The molecule has 0 radical (unpaired) electrons. The van der Waals surface area contributed by atoms with Crippen LogP contribution in [0.1, 0.15) is 31.7 Å². The Morgan fingerprint density at radius 3 is 2.60 bits per heavy atom. The first kappa shape index (κ1) is 15.5. The maximum atomic E-state index is 5.66. The lowest BCUT2D eigenvalue weighted by Gasteiger charge is -2.28. The molecule has 1 heterocycles. The minimum absolute atomic E-state index is 0.127. The van der Waals surface area contributed by atoms with Crippen LogP contribution in [0.3, 0.4) is 0 Å². The van der Waals surface area contributed by atoms with Crippen LogP contribution in [0.15, 0.2) is 30.3 Å². The van der Waals surface area contributed by atoms with Crippen molar-refractivity contribution in [3.63, 3.8) is 0 Å². The average molecular weight is 277 g/mol. The molecule has 1 N–H and O–H groups in total. The Bertz CT molecular complexity index is 385. The molecule has 3 nitrogen and oxygen atoms in total. The van der Waals surface area contributed by atoms with E-state index in [0.29, 0.717) is 18.4 Å². The van der Waals surface area contributed by atoms with Gasteiger partial charge in [-0.25, -0.2) is 0 Å². The van der Waals surface area contributed by atoms with Gasteiger partial charge >= 0.3 is 0 Å². The van der Waals surface area contributed by atoms with E-state index in [9.17, 15) is 0 Å². The van der Waals surface area contributed by atoms with Crippen molar-refractivity contribution in [3.8, 4) is 0 Å². The second-order valence-electron chi connectivity index (χ2n) is 6.08. The highest BCUT2D eigenvalue weighted by Crippen LogP contribution is 2.25. The van der Waals surface area contributed by atoms with Gasteiger partial charge in [-0.2, -0.15) is 0 Å². The molecule has 0 aromatic heterocycles. The number of nitrogens with one attached hydrogen (secondary N) is 1. The normalized spacial score (nSPS) is 24.2. The van der Waals surface area contributed by atoms with E-state index < -0.39 is 0 Å². The van der Waals surface area contributed by atoms with Gasteiger partial charge in [0, 0.05) is 33.2 Å². The quantitative estimate of drug-likeness (QED) is 0.831. The summed E-state index contributed by atoms with van der Waals surface area (Å²) in [4.78, 5) is 0. The van der Waals surface area contributed by atoms with Crippen LogP contribution in [0.25, 0.3) is 0 Å². The Labute approximate surface area is 122 Å². The molecule has 2 unspecified atom stereocenters. The Kier molecular flexibility index (Phi) is 5.58. The molecule has 20 heavy (non-hydrogen) atoms. The summed E-state index contributed by atoms with van der Waals surface area (Å²) in [7, 11) is 1.79. The zero-order valence-electron chi connectivity index (χ0n) is 12.9. The van der Waals surface area contributed by atoms with Gasteiger partial charge in [-0.1, -0.05) is 44.2 Å². The molecule has 0 aliphatic carbocycles. The van der Waals surface area contributed by atoms with Crippen molar-refractivity contribution in [2.45, 2.75) is 31.8 Å². The zero-order valence-corrected chi connectivity index (χ0v) is 12.9. The van der Waals surface area contributed by atoms with E-state index in [0.717, 1.165) is 26.1 Å². The lowest BCUT2D eigenvalue weighted by atomic mass is 9.88. The van der Waals surface area contributed by atoms with Gasteiger partial charge in [0.05, 0.1) is 6.61 Å². The minimum Gasteiger partial charge on any atom is -0.378 e. The second-order valence-corrected chi connectivity index (χ2v) is 6.08. The summed E-state index contributed by atoms with van der Waals surface area (Å²) < 4.78 is 11.1. The van der Waals surface area contributed by atoms with Crippen LogP contribution in [-0.4, -0.2) is 39.0 Å². The number of rotatable bonds is 7. The summed E-state index contributed by atoms with van der Waals surface area (Å²) in [5, 5.41) is 3.59. The van der Waals surface area contributed by atoms with E-state index in [4.69, 9.17) is 9.47 Å². The van der Waals surface area contributed by atoms with Crippen LogP contribution in [0.2, 0.25) is 0 Å². The summed E-state index contributed by atoms with van der Waals surface area (Å²) in [5.41, 5.74) is 1.28. The Balaban J connectivity index is 1.90. The Morgan fingerprint density at radius 1 is 1.30 bits per heavy atom. The molecule has 0 saturated carbocycles. The molecule has 3 heteroatoms. The van der Waals surface area contributed by atoms with Gasteiger partial charge in [0.1, 0.15) is 5.60 Å². The molecule has 1 aromatic carbocycles. The molecule has 1 aromatic rings. The topological polar surface area (TPSA) is 30.5 Å². The van der Waals surface area contributed by atoms with Crippen LogP contribution in [0, 0.1) is 5.92 Å². The Hall–Kier alpha value is -0.900. The molecule has 1 saturated heterocycles. The fraction of sp³-hybridized carbons (Fsp3) is 0.647. The third-order valence-electron chi connectivity index (χ3n) is 4.34. The maximum absolute atomic E-state index is 5.66. The van der Waals surface area contributed by atoms with E-state index in [-0.39, 0.29) is 5.60 Å². The molecular formula is C17H27NO2. The molecule has 1 fully saturated rings. The monoisotopic (exact) mass is 277 g/mol. The average Bonchev–Trinajstić information content (AvgIpc) is 2.93. The number of benzene rings is 1. The van der Waals surface area contributed by atoms with Crippen LogP contribution in [0.5, 0.6) is 0 Å². The summed E-state index contributed by atoms with van der Waals surface area (Å²) >= 11 is 0. The summed E-state index contributed by atoms with van der Waals surface area (Å²) in [6.07, 6.45) is 0.980. The van der Waals surface area contributed by atoms with Gasteiger partial charge in [-0.3, -0.25) is 0 Å². The zero-order chi connectivity index (χ0) is 14.4. The highest BCUT2D eigenvalue weighted by molar-refractivity contribution is 5.20. The molecule has 0 amide bonds. The van der Waals surface area contributed by atoms with Gasteiger partial charge in [-0.05, 0) is 17.4 Å². The van der Waals surface area contributed by atoms with Crippen LogP contribution in [0.4, 0.5) is 0 Å². The van der Waals surface area contributed by atoms with E-state index >= 15 is 0 Å². The van der Waals surface area contributed by atoms with Crippen molar-refractivity contribution >= 4 is 0 Å². The fourth-order valence-corrected chi connectivity index (χ4v) is 2.86. The first-order chi connectivity index (χ1) is 9.67. The van der Waals surface area contributed by atoms with Gasteiger partial charge < -0.3 is 14.8 Å². The highest BCUT2D eigenvalue weighted by atomic mass is 16.5. The largest absolute Gasteiger partial charge is 0.378 e. The molecule has 2 rings (SSSR count). The van der Waals surface area contributed by atoms with Crippen LogP contribution in [-0.2, 0) is 9.47 Å². The predicted molar refractivity (Wildman–Crippen MR) is 82.1 cm³/mol. The lowest BCUT2D eigenvalue weighted by Crippen LogP contribution is -2.44. The van der Waals surface area contributed by atoms with E-state index in [1.807, 2.05) is 0 Å². The SMILES string of the molecule is COC1(CNCC(c2ccccc2)C(C)C)CCOC1. The molecule has 112 valence electrons. The van der Waals surface area contributed by atoms with Crippen molar-refractivity contribution in [1.82, 2.24) is 5.32 Å². The first-order valence-corrected chi connectivity index (χ1v) is 7.55. The summed E-state index contributed by atoms with van der Waals surface area (Å²) in [5.74, 6) is 1.15. The number of hydrogen-bond donors (Lipinski definition) is 1. The van der Waals surface area contributed by atoms with E-state index in [1.54, 1.807) is 7.11 Å². The third kappa shape index (κ3) is 3.81. The molecular weight excluding hydrogens is 250 g/mol. The van der Waals surface area contributed by atoms with Gasteiger partial charge in [0.15, 0.2) is 0 Å². The highest BCUT2D eigenvalue weighted by Gasteiger charge is 2.34. The van der Waals surface area contributed by atoms with Crippen molar-refractivity contribution in [2.75, 3.05) is 33.4 Å². The summed E-state index contributed by atoms with van der Waals surface area (Å²) in [6, 6.07) is 10.7. The molecule has 1 aliphatic heterocycles. The van der Waals surface area contributed by atoms with Crippen molar-refractivity contribution < 1.29 is 9.47 Å². The standard InChI is InChI=1S/C17H27NO2/c1-14(2)16(15-7-5-4-6-8-15)11-18-12-17(19-3)9-10-20-13-17/h4-8,14,16,18H,9-13H2,1-3H3. The second kappa shape index (κ2) is 7.21. The number of methoxy groups -OCH3 is 1. The molecule has 1 aliphatic rings. The maximum Gasteiger partial charge on any atom is 0.106 e. The van der Waals surface area contributed by atoms with Crippen molar-refractivity contribution in [3.05, 3.63) is 35.9 Å². The third-order valence-corrected chi connectivity index (χ3v) is 4.34. The van der Waals surface area contributed by atoms with Gasteiger partial charge in [0.25, 0.3) is 0 Å². The van der Waals surface area contributed by atoms with Gasteiger partial charge in [-0.15, -0.1) is 0 Å². The Morgan fingerprint density at radius 2 is 2.05 bits per heavy atom. The molecule has 0 spiro atoms. The molecule has 0 bridgehead atoms. The lowest BCUT2D eigenvalue weighted by molar-refractivity contribution is -0.0159. The van der Waals surface area contributed by atoms with E-state index in [2.05, 4.69) is 49.5 Å².